The third-order valence-electron chi connectivity index (χ3n) is 5.00. The number of ether oxygens (including phenoxy) is 2. The van der Waals surface area contributed by atoms with Crippen molar-refractivity contribution in [3.8, 4) is 11.4 Å². The van der Waals surface area contributed by atoms with Crippen molar-refractivity contribution in [3.05, 3.63) is 46.4 Å². The average Bonchev–Trinajstić information content (AvgIpc) is 2.72. The Kier molecular flexibility index (Phi) is 7.01. The molecular weight excluding hydrogens is 466 g/mol. The highest BCUT2D eigenvalue weighted by Crippen LogP contribution is 2.23. The molecule has 1 N–H and O–H groups in total. The van der Waals surface area contributed by atoms with Crippen molar-refractivity contribution >= 4 is 21.9 Å². The summed E-state index contributed by atoms with van der Waals surface area (Å²) in [7, 11) is -3.43. The summed E-state index contributed by atoms with van der Waals surface area (Å²) in [6.45, 7) is 6.06. The molecule has 184 valence electrons. The van der Waals surface area contributed by atoms with Crippen LogP contribution in [0.5, 0.6) is 5.75 Å². The van der Waals surface area contributed by atoms with Crippen LogP contribution >= 0.6 is 0 Å². The fourth-order valence-corrected chi connectivity index (χ4v) is 3.99. The van der Waals surface area contributed by atoms with Crippen LogP contribution in [0.2, 0.25) is 0 Å². The molecule has 34 heavy (non-hydrogen) atoms. The van der Waals surface area contributed by atoms with Gasteiger partial charge in [-0.2, -0.15) is 9.78 Å². The second kappa shape index (κ2) is 9.45. The number of aromatic nitrogens is 2. The summed E-state index contributed by atoms with van der Waals surface area (Å²) >= 11 is 0. The number of hydrogen-bond donors (Lipinski definition) is 1. The normalized spacial score (nSPS) is 15.1. The molecule has 2 heterocycles. The van der Waals surface area contributed by atoms with Crippen LogP contribution in [0.1, 0.15) is 44.1 Å². The van der Waals surface area contributed by atoms with Crippen LogP contribution in [0.25, 0.3) is 5.69 Å². The predicted molar refractivity (Wildman–Crippen MR) is 121 cm³/mol. The Morgan fingerprint density at radius 2 is 1.71 bits per heavy atom. The monoisotopic (exact) mass is 493 g/mol. The molecule has 0 bridgehead atoms. The van der Waals surface area contributed by atoms with Gasteiger partial charge in [0.2, 0.25) is 5.69 Å². The maximum Gasteiger partial charge on any atom is 0.410 e. The molecule has 0 unspecified atom stereocenters. The topological polar surface area (TPSA) is 145 Å². The molecule has 0 radical (unpaired) electrons. The zero-order valence-corrected chi connectivity index (χ0v) is 20.2. The highest BCUT2D eigenvalue weighted by Gasteiger charge is 2.29. The number of benzene rings is 1. The number of aromatic carboxylic acids is 1. The van der Waals surface area contributed by atoms with Crippen LogP contribution in [0, 0.1) is 0 Å². The number of amides is 1. The molecule has 11 nitrogen and oxygen atoms in total. The molecule has 1 aromatic heterocycles. The number of hydrogen-bond acceptors (Lipinski definition) is 8. The molecule has 1 saturated heterocycles. The summed E-state index contributed by atoms with van der Waals surface area (Å²) in [6, 6.07) is 6.39. The first-order valence-corrected chi connectivity index (χ1v) is 12.5. The molecule has 1 amide bonds. The van der Waals surface area contributed by atoms with E-state index in [2.05, 4.69) is 5.10 Å². The average molecular weight is 494 g/mol. The van der Waals surface area contributed by atoms with Gasteiger partial charge >= 0.3 is 12.1 Å². The number of likely N-dealkylation sites (tertiary alicyclic amines) is 1. The summed E-state index contributed by atoms with van der Waals surface area (Å²) in [5.41, 5.74) is -1.50. The van der Waals surface area contributed by atoms with Gasteiger partial charge in [-0.3, -0.25) is 4.79 Å². The van der Waals surface area contributed by atoms with Crippen LogP contribution < -0.4 is 10.3 Å². The van der Waals surface area contributed by atoms with E-state index in [9.17, 15) is 27.9 Å². The molecule has 0 saturated carbocycles. The molecule has 0 spiro atoms. The van der Waals surface area contributed by atoms with Crippen molar-refractivity contribution in [1.29, 1.82) is 0 Å². The van der Waals surface area contributed by atoms with E-state index in [1.165, 1.54) is 24.3 Å². The second-order valence-electron chi connectivity index (χ2n) is 8.96. The van der Waals surface area contributed by atoms with Gasteiger partial charge in [0.1, 0.15) is 11.7 Å². The summed E-state index contributed by atoms with van der Waals surface area (Å²) in [4.78, 5) is 38.3. The first-order chi connectivity index (χ1) is 15.7. The number of carboxylic acids is 1. The van der Waals surface area contributed by atoms with E-state index < -0.39 is 44.9 Å². The van der Waals surface area contributed by atoms with E-state index in [0.717, 1.165) is 17.0 Å². The molecule has 12 heteroatoms. The summed E-state index contributed by atoms with van der Waals surface area (Å²) in [5.74, 6) is -1.56. The SMILES string of the molecule is CC(C)(C)OC(=O)N1CCC(Oc2cc(=O)n(-c3ccc(S(C)(=O)=O)cc3)nc2C(=O)O)CC1. The molecule has 1 aliphatic heterocycles. The zero-order chi connectivity index (χ0) is 25.3. The number of carbonyl (C=O) groups is 2. The van der Waals surface area contributed by atoms with Crippen molar-refractivity contribution in [1.82, 2.24) is 14.7 Å². The van der Waals surface area contributed by atoms with Gasteiger partial charge in [-0.25, -0.2) is 18.0 Å². The molecule has 3 rings (SSSR count). The molecule has 2 aromatic rings. The Morgan fingerprint density at radius 3 is 2.21 bits per heavy atom. The smallest absolute Gasteiger partial charge is 0.410 e. The van der Waals surface area contributed by atoms with Crippen LogP contribution in [0.4, 0.5) is 4.79 Å². The van der Waals surface area contributed by atoms with E-state index in [-0.39, 0.29) is 16.3 Å². The predicted octanol–water partition coefficient (Wildman–Crippen LogP) is 2.11. The number of carbonyl (C=O) groups excluding carboxylic acids is 1. The Bertz CT molecular complexity index is 1240. The van der Waals surface area contributed by atoms with Gasteiger partial charge in [0.25, 0.3) is 5.56 Å². The summed E-state index contributed by atoms with van der Waals surface area (Å²) in [6.07, 6.45) is 1.06. The van der Waals surface area contributed by atoms with E-state index in [0.29, 0.717) is 25.9 Å². The Hall–Kier alpha value is -3.41. The van der Waals surface area contributed by atoms with Gasteiger partial charge in [-0.05, 0) is 45.0 Å². The minimum absolute atomic E-state index is 0.0560. The molecule has 1 aromatic carbocycles. The Morgan fingerprint density at radius 1 is 1.12 bits per heavy atom. The van der Waals surface area contributed by atoms with Gasteiger partial charge in [0.15, 0.2) is 15.6 Å². The molecule has 1 aliphatic rings. The zero-order valence-electron chi connectivity index (χ0n) is 19.3. The van der Waals surface area contributed by atoms with Crippen molar-refractivity contribution in [3.63, 3.8) is 0 Å². The van der Waals surface area contributed by atoms with Crippen molar-refractivity contribution in [2.24, 2.45) is 0 Å². The van der Waals surface area contributed by atoms with Crippen molar-refractivity contribution < 1.29 is 32.6 Å². The Balaban J connectivity index is 1.78. The largest absolute Gasteiger partial charge is 0.487 e. The van der Waals surface area contributed by atoms with Gasteiger partial charge < -0.3 is 19.5 Å². The molecule has 1 fully saturated rings. The Labute approximate surface area is 196 Å². The lowest BCUT2D eigenvalue weighted by atomic mass is 10.1. The van der Waals surface area contributed by atoms with Gasteiger partial charge in [-0.15, -0.1) is 0 Å². The van der Waals surface area contributed by atoms with Crippen LogP contribution in [0.3, 0.4) is 0 Å². The van der Waals surface area contributed by atoms with Crippen LogP contribution in [-0.2, 0) is 14.6 Å². The van der Waals surface area contributed by atoms with E-state index >= 15 is 0 Å². The van der Waals surface area contributed by atoms with Gasteiger partial charge in [0.05, 0.1) is 16.6 Å². The van der Waals surface area contributed by atoms with E-state index in [1.54, 1.807) is 25.7 Å². The van der Waals surface area contributed by atoms with Gasteiger partial charge in [0, 0.05) is 32.2 Å². The fraction of sp³-hybridized carbons (Fsp3) is 0.455. The first-order valence-electron chi connectivity index (χ1n) is 10.6. The first kappa shape index (κ1) is 25.2. The number of rotatable bonds is 5. The van der Waals surface area contributed by atoms with Crippen molar-refractivity contribution in [2.45, 2.75) is 50.2 Å². The number of piperidine rings is 1. The maximum absolute atomic E-state index is 12.7. The van der Waals surface area contributed by atoms with E-state index in [4.69, 9.17) is 9.47 Å². The lowest BCUT2D eigenvalue weighted by Crippen LogP contribution is -2.44. The summed E-state index contributed by atoms with van der Waals surface area (Å²) < 4.78 is 35.3. The minimum atomic E-state index is -3.43. The standard InChI is InChI=1S/C22H27N3O8S/c1-22(2,3)33-21(29)24-11-9-15(10-12-24)32-17-13-18(26)25(23-19(17)20(27)28)14-5-7-16(8-6-14)34(4,30)31/h5-8,13,15H,9-12H2,1-4H3,(H,27,28). The maximum atomic E-state index is 12.7. The minimum Gasteiger partial charge on any atom is -0.487 e. The highest BCUT2D eigenvalue weighted by atomic mass is 32.2. The fourth-order valence-electron chi connectivity index (χ4n) is 3.36. The molecule has 0 atom stereocenters. The highest BCUT2D eigenvalue weighted by molar-refractivity contribution is 7.90. The van der Waals surface area contributed by atoms with Crippen molar-refractivity contribution in [2.75, 3.05) is 19.3 Å². The van der Waals surface area contributed by atoms with Crippen LogP contribution in [0.15, 0.2) is 40.0 Å². The third-order valence-corrected chi connectivity index (χ3v) is 6.12. The third kappa shape index (κ3) is 6.13. The lowest BCUT2D eigenvalue weighted by Gasteiger charge is -2.33. The quantitative estimate of drug-likeness (QED) is 0.662. The van der Waals surface area contributed by atoms with Gasteiger partial charge in [-0.1, -0.05) is 0 Å². The summed E-state index contributed by atoms with van der Waals surface area (Å²) in [5, 5.41) is 13.6. The van der Waals surface area contributed by atoms with E-state index in [1.807, 2.05) is 0 Å². The number of carboxylic acid groups (broad SMARTS) is 1. The number of sulfone groups is 1. The second-order valence-corrected chi connectivity index (χ2v) is 11.0. The van der Waals surface area contributed by atoms with Crippen LogP contribution in [-0.4, -0.2) is 71.3 Å². The molecular formula is C22H27N3O8S. The number of nitrogens with zero attached hydrogens (tertiary/aromatic N) is 3. The molecule has 0 aliphatic carbocycles. The lowest BCUT2D eigenvalue weighted by molar-refractivity contribution is 0.0125.